The van der Waals surface area contributed by atoms with Gasteiger partial charge in [0.1, 0.15) is 11.6 Å². The van der Waals surface area contributed by atoms with Gasteiger partial charge in [-0.1, -0.05) is 12.1 Å². The largest absolute Gasteiger partial charge is 0.497 e. The van der Waals surface area contributed by atoms with E-state index in [4.69, 9.17) is 19.9 Å². The lowest BCUT2D eigenvalue weighted by molar-refractivity contribution is -0.167. The molecule has 0 radical (unpaired) electrons. The normalized spacial score (nSPS) is 15.0. The molecule has 2 atom stereocenters. The Hall–Kier alpha value is -6.35. The molecule has 0 saturated carbocycles. The Balaban J connectivity index is 1.24. The topological polar surface area (TPSA) is 193 Å². The van der Waals surface area contributed by atoms with Crippen LogP contribution in [0, 0.1) is 0 Å². The molecular weight excluding hydrogens is 632 g/mol. The van der Waals surface area contributed by atoms with Crippen molar-refractivity contribution >= 4 is 51.8 Å². The van der Waals surface area contributed by atoms with Crippen molar-refractivity contribution in [3.05, 3.63) is 96.6 Å². The number of morpholine rings is 1. The molecule has 4 N–H and O–H groups in total. The van der Waals surface area contributed by atoms with E-state index in [1.54, 1.807) is 66.9 Å². The number of hydrogen-bond acceptors (Lipinski definition) is 11. The van der Waals surface area contributed by atoms with Crippen molar-refractivity contribution in [2.75, 3.05) is 35.8 Å². The van der Waals surface area contributed by atoms with E-state index in [1.165, 1.54) is 11.0 Å². The Kier molecular flexibility index (Phi) is 9.43. The van der Waals surface area contributed by atoms with Crippen LogP contribution >= 0.6 is 0 Å². The van der Waals surface area contributed by atoms with Crippen LogP contribution < -0.4 is 26.0 Å². The number of carbonyl (C=O) groups is 4. The number of pyridine rings is 2. The summed E-state index contributed by atoms with van der Waals surface area (Å²) in [5.41, 5.74) is 7.46. The van der Waals surface area contributed by atoms with Crippen molar-refractivity contribution in [3.8, 4) is 11.4 Å². The minimum absolute atomic E-state index is 0.0258. The van der Waals surface area contributed by atoms with Gasteiger partial charge in [-0.3, -0.25) is 29.1 Å². The molecule has 1 aliphatic rings. The molecule has 5 aromatic rings. The molecule has 0 bridgehead atoms. The van der Waals surface area contributed by atoms with E-state index < -0.39 is 35.9 Å². The summed E-state index contributed by atoms with van der Waals surface area (Å²) >= 11 is 0. The standard InChI is InChI=1S/C34H32N8O7/c1-20(43)49-29(30-34(46)41(15-16-48-30)28-10-14-42(40-28)23-8-11-36-12-9-23)33(45)39-27-17-22-7-13-37-32(25(22)18-26(27)31(35)44)38-19-21-3-5-24(47-2)6-4-21/h3-14,17-18,29-30H,15-16,19H2,1-2H3,(H2,35,44)(H,37,38)(H,39,45)/t29-,30-/m1/s1. The van der Waals surface area contributed by atoms with Crippen LogP contribution in [-0.4, -0.2) is 75.9 Å². The number of ether oxygens (including phenoxy) is 3. The van der Waals surface area contributed by atoms with Crippen molar-refractivity contribution in [3.63, 3.8) is 0 Å². The molecule has 1 aliphatic heterocycles. The van der Waals surface area contributed by atoms with Crippen molar-refractivity contribution in [1.82, 2.24) is 19.7 Å². The van der Waals surface area contributed by atoms with E-state index in [1.807, 2.05) is 24.3 Å². The molecule has 1 saturated heterocycles. The average molecular weight is 665 g/mol. The number of benzene rings is 2. The van der Waals surface area contributed by atoms with Crippen molar-refractivity contribution in [2.24, 2.45) is 5.73 Å². The number of fused-ring (bicyclic) bond motifs is 1. The minimum Gasteiger partial charge on any atom is -0.497 e. The molecule has 0 aliphatic carbocycles. The number of nitrogens with one attached hydrogen (secondary N) is 2. The molecule has 1 fully saturated rings. The number of aromatic nitrogens is 4. The molecule has 49 heavy (non-hydrogen) atoms. The zero-order valence-electron chi connectivity index (χ0n) is 26.5. The van der Waals surface area contributed by atoms with Crippen LogP contribution in [0.2, 0.25) is 0 Å². The third kappa shape index (κ3) is 7.16. The van der Waals surface area contributed by atoms with E-state index in [-0.39, 0.29) is 24.4 Å². The fourth-order valence-corrected chi connectivity index (χ4v) is 5.38. The highest BCUT2D eigenvalue weighted by Crippen LogP contribution is 2.30. The van der Waals surface area contributed by atoms with Gasteiger partial charge in [0.25, 0.3) is 17.7 Å². The maximum absolute atomic E-state index is 13.8. The molecular formula is C34H32N8O7. The lowest BCUT2D eigenvalue weighted by Crippen LogP contribution is -2.56. The van der Waals surface area contributed by atoms with Gasteiger partial charge in [0.15, 0.2) is 11.9 Å². The summed E-state index contributed by atoms with van der Waals surface area (Å²) in [6.45, 7) is 1.73. The van der Waals surface area contributed by atoms with Gasteiger partial charge in [-0.05, 0) is 53.4 Å². The van der Waals surface area contributed by atoms with Gasteiger partial charge < -0.3 is 30.6 Å². The molecule has 0 unspecified atom stereocenters. The molecule has 250 valence electrons. The van der Waals surface area contributed by atoms with Crippen LogP contribution in [0.5, 0.6) is 5.75 Å². The predicted molar refractivity (Wildman–Crippen MR) is 178 cm³/mol. The molecule has 15 nitrogen and oxygen atoms in total. The van der Waals surface area contributed by atoms with Crippen molar-refractivity contribution < 1.29 is 33.4 Å². The van der Waals surface area contributed by atoms with Crippen LogP contribution in [0.4, 0.5) is 17.3 Å². The number of esters is 1. The zero-order chi connectivity index (χ0) is 34.5. The van der Waals surface area contributed by atoms with E-state index >= 15 is 0 Å². The van der Waals surface area contributed by atoms with E-state index in [2.05, 4.69) is 25.7 Å². The summed E-state index contributed by atoms with van der Waals surface area (Å²) < 4.78 is 17.8. The van der Waals surface area contributed by atoms with Gasteiger partial charge in [0.05, 0.1) is 37.2 Å². The van der Waals surface area contributed by atoms with Gasteiger partial charge in [0, 0.05) is 49.7 Å². The summed E-state index contributed by atoms with van der Waals surface area (Å²) in [5, 5.41) is 11.6. The van der Waals surface area contributed by atoms with E-state index in [0.717, 1.165) is 23.9 Å². The summed E-state index contributed by atoms with van der Waals surface area (Å²) in [5.74, 6) is -1.65. The monoisotopic (exact) mass is 664 g/mol. The number of methoxy groups -OCH3 is 1. The molecule has 4 heterocycles. The predicted octanol–water partition coefficient (Wildman–Crippen LogP) is 2.84. The third-order valence-electron chi connectivity index (χ3n) is 7.77. The number of nitrogens with two attached hydrogens (primary N) is 1. The third-order valence-corrected chi connectivity index (χ3v) is 7.77. The fourth-order valence-electron chi connectivity index (χ4n) is 5.38. The van der Waals surface area contributed by atoms with Crippen molar-refractivity contribution in [1.29, 1.82) is 0 Å². The summed E-state index contributed by atoms with van der Waals surface area (Å²) in [7, 11) is 1.59. The SMILES string of the molecule is COc1ccc(CNc2nccc3cc(NC(=O)[C@H](OC(C)=O)[C@H]4OCCN(c5ccn(-c6ccncc6)n5)C4=O)c(C(N)=O)cc23)cc1. The Morgan fingerprint density at radius 1 is 1.06 bits per heavy atom. The molecule has 3 amide bonds. The maximum atomic E-state index is 13.8. The smallest absolute Gasteiger partial charge is 0.303 e. The molecule has 3 aromatic heterocycles. The highest BCUT2D eigenvalue weighted by molar-refractivity contribution is 6.11. The van der Waals surface area contributed by atoms with E-state index in [9.17, 15) is 19.2 Å². The lowest BCUT2D eigenvalue weighted by Gasteiger charge is -2.34. The number of primary amides is 1. The number of hydrogen-bond donors (Lipinski definition) is 3. The maximum Gasteiger partial charge on any atom is 0.303 e. The Labute approximate surface area is 280 Å². The highest BCUT2D eigenvalue weighted by atomic mass is 16.6. The number of carbonyl (C=O) groups excluding carboxylic acids is 4. The van der Waals surface area contributed by atoms with Gasteiger partial charge in [-0.2, -0.15) is 0 Å². The second kappa shape index (κ2) is 14.2. The number of rotatable bonds is 11. The lowest BCUT2D eigenvalue weighted by atomic mass is 10.0. The summed E-state index contributed by atoms with van der Waals surface area (Å²) in [4.78, 5) is 62.0. The van der Waals surface area contributed by atoms with Gasteiger partial charge in [0.2, 0.25) is 6.10 Å². The van der Waals surface area contributed by atoms with Gasteiger partial charge in [-0.25, -0.2) is 9.67 Å². The van der Waals surface area contributed by atoms with Crippen LogP contribution in [0.3, 0.4) is 0 Å². The minimum atomic E-state index is -1.70. The first kappa shape index (κ1) is 32.6. The number of anilines is 3. The summed E-state index contributed by atoms with van der Waals surface area (Å²) in [6, 6.07) is 17.4. The quantitative estimate of drug-likeness (QED) is 0.176. The second-order valence-electron chi connectivity index (χ2n) is 11.0. The summed E-state index contributed by atoms with van der Waals surface area (Å²) in [6.07, 6.45) is 3.29. The molecule has 2 aromatic carbocycles. The Bertz CT molecular complexity index is 2020. The second-order valence-corrected chi connectivity index (χ2v) is 11.0. The molecule has 0 spiro atoms. The number of amides is 3. The van der Waals surface area contributed by atoms with Crippen LogP contribution in [0.25, 0.3) is 16.5 Å². The highest BCUT2D eigenvalue weighted by Gasteiger charge is 2.43. The fraction of sp³-hybridized carbons (Fsp3) is 0.206. The van der Waals surface area contributed by atoms with Gasteiger partial charge >= 0.3 is 5.97 Å². The Morgan fingerprint density at radius 3 is 2.55 bits per heavy atom. The van der Waals surface area contributed by atoms with Crippen molar-refractivity contribution in [2.45, 2.75) is 25.7 Å². The van der Waals surface area contributed by atoms with Crippen LogP contribution in [-0.2, 0) is 30.4 Å². The average Bonchev–Trinajstić information content (AvgIpc) is 3.60. The van der Waals surface area contributed by atoms with Crippen LogP contribution in [0.15, 0.2) is 85.5 Å². The first-order chi connectivity index (χ1) is 23.7. The first-order valence-electron chi connectivity index (χ1n) is 15.2. The molecule has 15 heteroatoms. The number of nitrogens with zero attached hydrogens (tertiary/aromatic N) is 5. The van der Waals surface area contributed by atoms with Gasteiger partial charge in [-0.15, -0.1) is 5.10 Å². The zero-order valence-corrected chi connectivity index (χ0v) is 26.5. The molecule has 6 rings (SSSR count). The van der Waals surface area contributed by atoms with E-state index in [0.29, 0.717) is 29.0 Å². The first-order valence-corrected chi connectivity index (χ1v) is 15.2. The Morgan fingerprint density at radius 2 is 1.84 bits per heavy atom. The van der Waals surface area contributed by atoms with Crippen LogP contribution in [0.1, 0.15) is 22.8 Å².